The number of hydrogen-bond donors (Lipinski definition) is 2. The number of nitrogens with one attached hydrogen (secondary N) is 2. The standard InChI is InChI=1S/C12H15N5O2S/c1-6-9(5-13)11(16-8(3)15-6)20-7(2)10(18)17-12(19)14-4/h7H,1-4H3,(H2,14,17,18,19)/t7-/m0/s1. The topological polar surface area (TPSA) is 108 Å². The first kappa shape index (κ1) is 15.9. The van der Waals surface area contributed by atoms with Crippen molar-refractivity contribution in [1.29, 1.82) is 5.26 Å². The Hall–Kier alpha value is -2.14. The van der Waals surface area contributed by atoms with Gasteiger partial charge in [0.15, 0.2) is 0 Å². The third-order valence-electron chi connectivity index (χ3n) is 2.40. The van der Waals surface area contributed by atoms with Crippen molar-refractivity contribution in [2.45, 2.75) is 31.0 Å². The smallest absolute Gasteiger partial charge is 0.321 e. The van der Waals surface area contributed by atoms with Crippen LogP contribution >= 0.6 is 11.8 Å². The highest BCUT2D eigenvalue weighted by Crippen LogP contribution is 2.26. The van der Waals surface area contributed by atoms with Crippen LogP contribution in [0.5, 0.6) is 0 Å². The number of nitrogens with zero attached hydrogens (tertiary/aromatic N) is 3. The van der Waals surface area contributed by atoms with E-state index in [-0.39, 0.29) is 0 Å². The molecule has 0 fully saturated rings. The summed E-state index contributed by atoms with van der Waals surface area (Å²) in [5, 5.41) is 13.5. The molecular weight excluding hydrogens is 278 g/mol. The van der Waals surface area contributed by atoms with Crippen molar-refractivity contribution in [2.75, 3.05) is 7.05 Å². The number of thioether (sulfide) groups is 1. The van der Waals surface area contributed by atoms with E-state index < -0.39 is 17.2 Å². The van der Waals surface area contributed by atoms with Crippen LogP contribution in [0.25, 0.3) is 0 Å². The minimum Gasteiger partial charge on any atom is -0.341 e. The Labute approximate surface area is 121 Å². The first-order chi connectivity index (χ1) is 9.38. The molecule has 20 heavy (non-hydrogen) atoms. The highest BCUT2D eigenvalue weighted by atomic mass is 32.2. The normalized spacial score (nSPS) is 11.3. The molecule has 0 aliphatic rings. The van der Waals surface area contributed by atoms with E-state index in [2.05, 4.69) is 20.6 Å². The van der Waals surface area contributed by atoms with Gasteiger partial charge >= 0.3 is 6.03 Å². The van der Waals surface area contributed by atoms with Crippen molar-refractivity contribution < 1.29 is 9.59 Å². The van der Waals surface area contributed by atoms with Gasteiger partial charge in [-0.1, -0.05) is 11.8 Å². The van der Waals surface area contributed by atoms with E-state index >= 15 is 0 Å². The molecule has 1 heterocycles. The molecule has 0 spiro atoms. The number of urea groups is 1. The lowest BCUT2D eigenvalue weighted by Gasteiger charge is -2.12. The summed E-state index contributed by atoms with van der Waals surface area (Å²) in [4.78, 5) is 31.1. The van der Waals surface area contributed by atoms with Crippen molar-refractivity contribution in [3.63, 3.8) is 0 Å². The van der Waals surface area contributed by atoms with Gasteiger partial charge < -0.3 is 5.32 Å². The molecule has 0 saturated carbocycles. The first-order valence-electron chi connectivity index (χ1n) is 5.83. The van der Waals surface area contributed by atoms with Gasteiger partial charge in [-0.15, -0.1) is 0 Å². The minimum absolute atomic E-state index is 0.347. The fourth-order valence-corrected chi connectivity index (χ4v) is 2.39. The fraction of sp³-hybridized carbons (Fsp3) is 0.417. The van der Waals surface area contributed by atoms with Crippen molar-refractivity contribution in [1.82, 2.24) is 20.6 Å². The molecule has 2 N–H and O–H groups in total. The molecule has 0 aliphatic carbocycles. The van der Waals surface area contributed by atoms with E-state index in [1.54, 1.807) is 20.8 Å². The largest absolute Gasteiger partial charge is 0.341 e. The number of imide groups is 1. The number of hydrogen-bond acceptors (Lipinski definition) is 6. The van der Waals surface area contributed by atoms with Crippen LogP contribution in [0.4, 0.5) is 4.79 Å². The van der Waals surface area contributed by atoms with Gasteiger partial charge in [0.1, 0.15) is 22.5 Å². The van der Waals surface area contributed by atoms with Gasteiger partial charge in [-0.3, -0.25) is 10.1 Å². The highest BCUT2D eigenvalue weighted by Gasteiger charge is 2.20. The molecule has 0 unspecified atom stereocenters. The molecule has 1 rings (SSSR count). The molecule has 106 valence electrons. The van der Waals surface area contributed by atoms with Gasteiger partial charge in [0.05, 0.1) is 10.9 Å². The fourth-order valence-electron chi connectivity index (χ4n) is 1.39. The van der Waals surface area contributed by atoms with Crippen LogP contribution in [-0.4, -0.2) is 34.2 Å². The second kappa shape index (κ2) is 6.86. The molecule has 0 aliphatic heterocycles. The van der Waals surface area contributed by atoms with Gasteiger partial charge in [0.25, 0.3) is 0 Å². The molecule has 0 radical (unpaired) electrons. The van der Waals surface area contributed by atoms with Crippen LogP contribution in [0.1, 0.15) is 24.0 Å². The molecule has 0 aromatic carbocycles. The number of amides is 3. The lowest BCUT2D eigenvalue weighted by molar-refractivity contribution is -0.119. The Morgan fingerprint density at radius 1 is 1.35 bits per heavy atom. The summed E-state index contributed by atoms with van der Waals surface area (Å²) in [6.45, 7) is 5.07. The van der Waals surface area contributed by atoms with Crippen LogP contribution in [0, 0.1) is 25.2 Å². The Morgan fingerprint density at radius 3 is 2.55 bits per heavy atom. The van der Waals surface area contributed by atoms with Crippen LogP contribution in [-0.2, 0) is 4.79 Å². The first-order valence-corrected chi connectivity index (χ1v) is 6.71. The maximum Gasteiger partial charge on any atom is 0.321 e. The maximum atomic E-state index is 11.8. The molecule has 8 heteroatoms. The molecule has 0 saturated heterocycles. The molecular formula is C12H15N5O2S. The third kappa shape index (κ3) is 3.93. The summed E-state index contributed by atoms with van der Waals surface area (Å²) >= 11 is 1.12. The average molecular weight is 293 g/mol. The molecule has 1 atom stereocenters. The lowest BCUT2D eigenvalue weighted by atomic mass is 10.3. The van der Waals surface area contributed by atoms with Gasteiger partial charge in [0.2, 0.25) is 5.91 Å². The number of carbonyl (C=O) groups excluding carboxylic acids is 2. The number of aryl methyl sites for hydroxylation is 2. The van der Waals surface area contributed by atoms with E-state index in [0.717, 1.165) is 11.8 Å². The van der Waals surface area contributed by atoms with E-state index in [0.29, 0.717) is 22.1 Å². The monoisotopic (exact) mass is 293 g/mol. The number of rotatable bonds is 3. The van der Waals surface area contributed by atoms with E-state index in [1.807, 2.05) is 6.07 Å². The van der Waals surface area contributed by atoms with Crippen molar-refractivity contribution in [3.05, 3.63) is 17.1 Å². The van der Waals surface area contributed by atoms with E-state index in [4.69, 9.17) is 5.26 Å². The van der Waals surface area contributed by atoms with E-state index in [1.165, 1.54) is 7.05 Å². The van der Waals surface area contributed by atoms with Gasteiger partial charge in [-0.25, -0.2) is 14.8 Å². The van der Waals surface area contributed by atoms with Crippen molar-refractivity contribution in [2.24, 2.45) is 0 Å². The molecule has 0 bridgehead atoms. The number of aromatic nitrogens is 2. The van der Waals surface area contributed by atoms with Gasteiger partial charge in [-0.05, 0) is 20.8 Å². The lowest BCUT2D eigenvalue weighted by Crippen LogP contribution is -2.41. The van der Waals surface area contributed by atoms with Crippen molar-refractivity contribution in [3.8, 4) is 6.07 Å². The van der Waals surface area contributed by atoms with Gasteiger partial charge in [-0.2, -0.15) is 5.26 Å². The van der Waals surface area contributed by atoms with E-state index in [9.17, 15) is 9.59 Å². The summed E-state index contributed by atoms with van der Waals surface area (Å²) < 4.78 is 0. The Balaban J connectivity index is 2.91. The zero-order chi connectivity index (χ0) is 15.3. The maximum absolute atomic E-state index is 11.8. The zero-order valence-corrected chi connectivity index (χ0v) is 12.5. The summed E-state index contributed by atoms with van der Waals surface area (Å²) in [5.41, 5.74) is 0.918. The molecule has 1 aromatic rings. The second-order valence-electron chi connectivity index (χ2n) is 3.98. The predicted octanol–water partition coefficient (Wildman–Crippen LogP) is 0.901. The SMILES string of the molecule is CNC(=O)NC(=O)[C@H](C)Sc1nc(C)nc(C)c1C#N. The van der Waals surface area contributed by atoms with Crippen molar-refractivity contribution >= 4 is 23.7 Å². The van der Waals surface area contributed by atoms with Gasteiger partial charge in [0, 0.05) is 7.05 Å². The Bertz CT molecular complexity index is 582. The number of nitriles is 1. The Morgan fingerprint density at radius 2 is 2.00 bits per heavy atom. The minimum atomic E-state index is -0.571. The summed E-state index contributed by atoms with van der Waals surface area (Å²) in [6, 6.07) is 1.46. The summed E-state index contributed by atoms with van der Waals surface area (Å²) in [6.07, 6.45) is 0. The summed E-state index contributed by atoms with van der Waals surface area (Å²) in [5.74, 6) is 0.0788. The number of carbonyl (C=O) groups is 2. The highest BCUT2D eigenvalue weighted by molar-refractivity contribution is 8.00. The van der Waals surface area contributed by atoms with Crippen LogP contribution in [0.2, 0.25) is 0 Å². The van der Waals surface area contributed by atoms with Crippen LogP contribution < -0.4 is 10.6 Å². The predicted molar refractivity (Wildman–Crippen MR) is 74.1 cm³/mol. The molecule has 1 aromatic heterocycles. The molecule has 7 nitrogen and oxygen atoms in total. The van der Waals surface area contributed by atoms with Crippen LogP contribution in [0.3, 0.4) is 0 Å². The molecule has 3 amide bonds. The van der Waals surface area contributed by atoms with Crippen LogP contribution in [0.15, 0.2) is 5.03 Å². The third-order valence-corrected chi connectivity index (χ3v) is 3.49. The quantitative estimate of drug-likeness (QED) is 0.633. The second-order valence-corrected chi connectivity index (χ2v) is 5.31. The zero-order valence-electron chi connectivity index (χ0n) is 11.6. The Kier molecular flexibility index (Phi) is 5.46. The summed E-state index contributed by atoms with van der Waals surface area (Å²) in [7, 11) is 1.42. The average Bonchev–Trinajstić information content (AvgIpc) is 2.37.